The van der Waals surface area contributed by atoms with Crippen LogP contribution >= 0.6 is 11.8 Å². The summed E-state index contributed by atoms with van der Waals surface area (Å²) in [7, 11) is -3.38. The summed E-state index contributed by atoms with van der Waals surface area (Å²) in [6, 6.07) is 0.0562. The van der Waals surface area contributed by atoms with E-state index in [1.165, 1.54) is 0 Å². The van der Waals surface area contributed by atoms with E-state index in [0.717, 1.165) is 38.5 Å². The van der Waals surface area contributed by atoms with Crippen LogP contribution in [0.4, 0.5) is 0 Å². The largest absolute Gasteiger partial charge is 0.329 e. The Hall–Kier alpha value is 0.180. The van der Waals surface area contributed by atoms with E-state index < -0.39 is 10.2 Å². The second kappa shape index (κ2) is 6.76. The standard InChI is InChI=1S/C12H25N3O2S2/c1-18-12-7-4-6-11(12)14-19(16,17)15-8-3-2-5-10(15)9-13/h10-12,14H,2-9,13H2,1H3. The van der Waals surface area contributed by atoms with Crippen LogP contribution in [0.5, 0.6) is 0 Å². The van der Waals surface area contributed by atoms with Crippen molar-refractivity contribution in [1.29, 1.82) is 0 Å². The van der Waals surface area contributed by atoms with Crippen molar-refractivity contribution in [3.8, 4) is 0 Å². The van der Waals surface area contributed by atoms with Gasteiger partial charge in [0.05, 0.1) is 0 Å². The van der Waals surface area contributed by atoms with Crippen molar-refractivity contribution in [2.45, 2.75) is 55.9 Å². The van der Waals surface area contributed by atoms with Crippen LogP contribution in [0.1, 0.15) is 38.5 Å². The minimum absolute atomic E-state index is 0.0274. The summed E-state index contributed by atoms with van der Waals surface area (Å²) in [6.45, 7) is 1.02. The highest BCUT2D eigenvalue weighted by molar-refractivity contribution is 7.99. The first-order valence-electron chi connectivity index (χ1n) is 7.10. The minimum atomic E-state index is -3.38. The van der Waals surface area contributed by atoms with Crippen LogP contribution in [0, 0.1) is 0 Å². The zero-order chi connectivity index (χ0) is 13.9. The molecular formula is C12H25N3O2S2. The van der Waals surface area contributed by atoms with Gasteiger partial charge in [-0.05, 0) is 31.9 Å². The Balaban J connectivity index is 2.04. The molecular weight excluding hydrogens is 282 g/mol. The summed E-state index contributed by atoms with van der Waals surface area (Å²) >= 11 is 1.76. The van der Waals surface area contributed by atoms with Crippen molar-refractivity contribution in [3.05, 3.63) is 0 Å². The van der Waals surface area contributed by atoms with E-state index in [1.54, 1.807) is 16.1 Å². The van der Waals surface area contributed by atoms with E-state index in [0.29, 0.717) is 18.3 Å². The van der Waals surface area contributed by atoms with Crippen molar-refractivity contribution < 1.29 is 8.42 Å². The second-order valence-electron chi connectivity index (χ2n) is 5.43. The molecule has 3 atom stereocenters. The van der Waals surface area contributed by atoms with Gasteiger partial charge in [0.2, 0.25) is 0 Å². The zero-order valence-electron chi connectivity index (χ0n) is 11.5. The number of hydrogen-bond donors (Lipinski definition) is 2. The maximum absolute atomic E-state index is 12.5. The molecule has 3 N–H and O–H groups in total. The molecule has 0 aromatic heterocycles. The molecule has 7 heteroatoms. The molecule has 112 valence electrons. The Morgan fingerprint density at radius 2 is 2.05 bits per heavy atom. The molecule has 5 nitrogen and oxygen atoms in total. The first-order valence-corrected chi connectivity index (χ1v) is 9.83. The minimum Gasteiger partial charge on any atom is -0.329 e. The van der Waals surface area contributed by atoms with Gasteiger partial charge in [0.25, 0.3) is 10.2 Å². The fourth-order valence-electron chi connectivity index (χ4n) is 3.13. The van der Waals surface area contributed by atoms with Gasteiger partial charge in [-0.2, -0.15) is 29.2 Å². The molecule has 0 aromatic carbocycles. The Kier molecular flexibility index (Phi) is 5.54. The van der Waals surface area contributed by atoms with E-state index in [4.69, 9.17) is 5.73 Å². The van der Waals surface area contributed by atoms with Crippen molar-refractivity contribution in [3.63, 3.8) is 0 Å². The molecule has 1 saturated heterocycles. The van der Waals surface area contributed by atoms with Gasteiger partial charge in [0, 0.05) is 30.4 Å². The third kappa shape index (κ3) is 3.64. The summed E-state index contributed by atoms with van der Waals surface area (Å²) in [4.78, 5) is 0. The first-order chi connectivity index (χ1) is 9.08. The van der Waals surface area contributed by atoms with Crippen molar-refractivity contribution in [1.82, 2.24) is 9.03 Å². The molecule has 2 fully saturated rings. The number of hydrogen-bond acceptors (Lipinski definition) is 4. The Bertz CT molecular complexity index is 388. The van der Waals surface area contributed by atoms with Crippen LogP contribution in [-0.2, 0) is 10.2 Å². The van der Waals surface area contributed by atoms with Crippen LogP contribution in [0.3, 0.4) is 0 Å². The van der Waals surface area contributed by atoms with Crippen LogP contribution in [0.15, 0.2) is 0 Å². The van der Waals surface area contributed by atoms with Gasteiger partial charge < -0.3 is 5.73 Å². The number of thioether (sulfide) groups is 1. The maximum Gasteiger partial charge on any atom is 0.280 e. The van der Waals surface area contributed by atoms with E-state index in [-0.39, 0.29) is 12.1 Å². The van der Waals surface area contributed by atoms with Gasteiger partial charge >= 0.3 is 0 Å². The molecule has 1 saturated carbocycles. The lowest BCUT2D eigenvalue weighted by molar-refractivity contribution is 0.253. The van der Waals surface area contributed by atoms with Crippen LogP contribution in [0.25, 0.3) is 0 Å². The third-order valence-electron chi connectivity index (χ3n) is 4.21. The Labute approximate surface area is 120 Å². The summed E-state index contributed by atoms with van der Waals surface area (Å²) < 4.78 is 29.5. The number of nitrogens with two attached hydrogens (primary N) is 1. The summed E-state index contributed by atoms with van der Waals surface area (Å²) in [5.74, 6) is 0. The predicted molar refractivity (Wildman–Crippen MR) is 80.4 cm³/mol. The Morgan fingerprint density at radius 3 is 2.74 bits per heavy atom. The molecule has 3 unspecified atom stereocenters. The van der Waals surface area contributed by atoms with Gasteiger partial charge in [-0.25, -0.2) is 0 Å². The molecule has 0 bridgehead atoms. The van der Waals surface area contributed by atoms with Crippen LogP contribution in [-0.4, -0.2) is 49.4 Å². The van der Waals surface area contributed by atoms with Gasteiger partial charge in [0.15, 0.2) is 0 Å². The zero-order valence-corrected chi connectivity index (χ0v) is 13.2. The highest BCUT2D eigenvalue weighted by atomic mass is 32.2. The van der Waals surface area contributed by atoms with Crippen molar-refractivity contribution >= 4 is 22.0 Å². The summed E-state index contributed by atoms with van der Waals surface area (Å²) in [5, 5.41) is 0.413. The van der Waals surface area contributed by atoms with E-state index in [2.05, 4.69) is 11.0 Å². The monoisotopic (exact) mass is 307 g/mol. The average Bonchev–Trinajstić information content (AvgIpc) is 2.85. The molecule has 2 aliphatic rings. The molecule has 0 spiro atoms. The second-order valence-corrected chi connectivity index (χ2v) is 8.16. The third-order valence-corrected chi connectivity index (χ3v) is 7.08. The number of piperidine rings is 1. The van der Waals surface area contributed by atoms with Gasteiger partial charge in [0.1, 0.15) is 0 Å². The van der Waals surface area contributed by atoms with Crippen LogP contribution in [0.2, 0.25) is 0 Å². The average molecular weight is 307 g/mol. The quantitative estimate of drug-likeness (QED) is 0.792. The molecule has 1 heterocycles. The topological polar surface area (TPSA) is 75.4 Å². The normalized spacial score (nSPS) is 33.7. The van der Waals surface area contributed by atoms with Crippen molar-refractivity contribution in [2.75, 3.05) is 19.3 Å². The lowest BCUT2D eigenvalue weighted by Gasteiger charge is -2.35. The molecule has 0 amide bonds. The molecule has 2 rings (SSSR count). The lowest BCUT2D eigenvalue weighted by atomic mass is 10.1. The fraction of sp³-hybridized carbons (Fsp3) is 1.00. The molecule has 1 aliphatic carbocycles. The fourth-order valence-corrected chi connectivity index (χ4v) is 5.90. The van der Waals surface area contributed by atoms with Crippen LogP contribution < -0.4 is 10.5 Å². The molecule has 19 heavy (non-hydrogen) atoms. The first kappa shape index (κ1) is 15.6. The molecule has 0 aromatic rings. The van der Waals surface area contributed by atoms with E-state index in [9.17, 15) is 8.42 Å². The SMILES string of the molecule is CSC1CCCC1NS(=O)(=O)N1CCCCC1CN. The summed E-state index contributed by atoms with van der Waals surface area (Å²) in [6.07, 6.45) is 8.12. The highest BCUT2D eigenvalue weighted by Gasteiger charge is 2.36. The van der Waals surface area contributed by atoms with Gasteiger partial charge in [-0.15, -0.1) is 0 Å². The number of nitrogens with zero attached hydrogens (tertiary/aromatic N) is 1. The van der Waals surface area contributed by atoms with Gasteiger partial charge in [-0.1, -0.05) is 12.8 Å². The lowest BCUT2D eigenvalue weighted by Crippen LogP contribution is -2.54. The van der Waals surface area contributed by atoms with E-state index in [1.807, 2.05) is 0 Å². The Morgan fingerprint density at radius 1 is 1.26 bits per heavy atom. The molecule has 0 radical (unpaired) electrons. The smallest absolute Gasteiger partial charge is 0.280 e. The van der Waals surface area contributed by atoms with E-state index >= 15 is 0 Å². The molecule has 1 aliphatic heterocycles. The van der Waals surface area contributed by atoms with Crippen molar-refractivity contribution in [2.24, 2.45) is 5.73 Å². The highest BCUT2D eigenvalue weighted by Crippen LogP contribution is 2.29. The maximum atomic E-state index is 12.5. The number of rotatable bonds is 5. The predicted octanol–water partition coefficient (Wildman–Crippen LogP) is 0.918. The number of nitrogens with one attached hydrogen (secondary N) is 1. The summed E-state index contributed by atoms with van der Waals surface area (Å²) in [5.41, 5.74) is 5.71. The van der Waals surface area contributed by atoms with Gasteiger partial charge in [-0.3, -0.25) is 0 Å².